The van der Waals surface area contributed by atoms with Gasteiger partial charge in [-0.1, -0.05) is 20.4 Å². The number of halogens is 2. The predicted molar refractivity (Wildman–Crippen MR) is 165 cm³/mol. The van der Waals surface area contributed by atoms with Gasteiger partial charge in [-0.3, -0.25) is 0 Å². The van der Waals surface area contributed by atoms with Crippen molar-refractivity contribution in [2.45, 2.75) is 66.5 Å². The lowest BCUT2D eigenvalue weighted by atomic mass is 10.0. The fourth-order valence-corrected chi connectivity index (χ4v) is 5.87. The topological polar surface area (TPSA) is 87.6 Å². The molecule has 220 valence electrons. The number of imidazole rings is 1. The first-order valence-electron chi connectivity index (χ1n) is 14.3. The zero-order chi connectivity index (χ0) is 29.8. The van der Waals surface area contributed by atoms with Gasteiger partial charge in [0.05, 0.1) is 16.9 Å². The number of pyridine rings is 1. The summed E-state index contributed by atoms with van der Waals surface area (Å²) in [6.45, 7) is 20.3. The van der Waals surface area contributed by atoms with Gasteiger partial charge in [0.1, 0.15) is 28.7 Å². The van der Waals surface area contributed by atoms with Crippen LogP contribution in [-0.4, -0.2) is 57.4 Å². The van der Waals surface area contributed by atoms with Crippen molar-refractivity contribution >= 4 is 28.3 Å². The molecule has 0 bridgehead atoms. The van der Waals surface area contributed by atoms with Gasteiger partial charge in [-0.15, -0.1) is 0 Å². The molecule has 1 aromatic carbocycles. The molecular weight excluding hydrogens is 522 g/mol. The van der Waals surface area contributed by atoms with Gasteiger partial charge in [-0.2, -0.15) is 0 Å². The number of benzene rings is 1. The van der Waals surface area contributed by atoms with E-state index < -0.39 is 11.6 Å². The second kappa shape index (κ2) is 12.8. The molecule has 1 fully saturated rings. The fraction of sp³-hybridized carbons (Fsp3) is 0.452. The Balaban J connectivity index is 1.55. The minimum absolute atomic E-state index is 0.0348. The maximum atomic E-state index is 15.1. The van der Waals surface area contributed by atoms with E-state index in [1.807, 2.05) is 44.4 Å². The van der Waals surface area contributed by atoms with Gasteiger partial charge in [0.2, 0.25) is 0 Å². The molecule has 8 nitrogen and oxygen atoms in total. The molecule has 2 aromatic heterocycles. The normalized spacial score (nSPS) is 15.4. The average molecular weight is 565 g/mol. The van der Waals surface area contributed by atoms with Crippen LogP contribution < -0.4 is 16.0 Å². The van der Waals surface area contributed by atoms with Crippen LogP contribution >= 0.6 is 0 Å². The molecule has 0 atom stereocenters. The summed E-state index contributed by atoms with van der Waals surface area (Å²) in [6.07, 6.45) is 3.05. The number of hydrogen-bond acceptors (Lipinski definition) is 7. The summed E-state index contributed by atoms with van der Waals surface area (Å²) in [7, 11) is 0. The number of aryl methyl sites for hydroxylation is 2. The first-order valence-corrected chi connectivity index (χ1v) is 14.3. The average Bonchev–Trinajstić information content (AvgIpc) is 3.29. The number of hydrogen-bond donors (Lipinski definition) is 2. The van der Waals surface area contributed by atoms with Crippen molar-refractivity contribution in [1.82, 2.24) is 19.4 Å². The summed E-state index contributed by atoms with van der Waals surface area (Å²) < 4.78 is 32.0. The third kappa shape index (κ3) is 6.43. The van der Waals surface area contributed by atoms with Crippen LogP contribution in [0.3, 0.4) is 0 Å². The first-order chi connectivity index (χ1) is 19.6. The van der Waals surface area contributed by atoms with Gasteiger partial charge in [-0.05, 0) is 77.9 Å². The van der Waals surface area contributed by atoms with E-state index in [9.17, 15) is 4.39 Å². The molecule has 1 aliphatic rings. The Kier molecular flexibility index (Phi) is 9.42. The lowest BCUT2D eigenvalue weighted by Crippen LogP contribution is -2.45. The van der Waals surface area contributed by atoms with E-state index in [0.717, 1.165) is 56.6 Å². The van der Waals surface area contributed by atoms with Gasteiger partial charge in [-0.25, -0.2) is 23.7 Å². The molecular formula is C31H42F2N8. The number of allylic oxidation sites excluding steroid dienone is 1. The highest BCUT2D eigenvalue weighted by Gasteiger charge is 2.24. The number of nitrogens with two attached hydrogens (primary N) is 1. The molecule has 0 aliphatic carbocycles. The van der Waals surface area contributed by atoms with Gasteiger partial charge < -0.3 is 25.4 Å². The van der Waals surface area contributed by atoms with E-state index in [1.165, 1.54) is 6.07 Å². The van der Waals surface area contributed by atoms with Crippen LogP contribution in [0.25, 0.3) is 11.0 Å². The van der Waals surface area contributed by atoms with Gasteiger partial charge in [0.15, 0.2) is 11.6 Å². The standard InChI is InChI=1S/C31H42F2N8/c1-8-39(9-2)24-12-14-40(15-13-24)27-10-11-29(35-20(27)5)36-21(6)37-30(26(33)18-34)23-16-25(32)31-28(17-23)41(19(3)4)22(7)38-31/h10-11,16-19,24H,6,8-9,12-15,34H2,1-5,7H3,(H,35,36)/b26-18+,37-30?. The highest BCUT2D eigenvalue weighted by molar-refractivity contribution is 6.13. The van der Waals surface area contributed by atoms with E-state index >= 15 is 4.39 Å². The van der Waals surface area contributed by atoms with Crippen LogP contribution in [0.1, 0.15) is 63.7 Å². The monoisotopic (exact) mass is 564 g/mol. The Bertz CT molecular complexity index is 1460. The van der Waals surface area contributed by atoms with E-state index in [-0.39, 0.29) is 28.7 Å². The molecule has 0 spiro atoms. The third-order valence-electron chi connectivity index (χ3n) is 7.80. The Morgan fingerprint density at radius 1 is 1.20 bits per heavy atom. The maximum absolute atomic E-state index is 15.1. The molecule has 3 heterocycles. The van der Waals surface area contributed by atoms with E-state index in [2.05, 4.69) is 45.5 Å². The highest BCUT2D eigenvalue weighted by atomic mass is 19.1. The van der Waals surface area contributed by atoms with Crippen LogP contribution in [0.5, 0.6) is 0 Å². The number of fused-ring (bicyclic) bond motifs is 1. The number of nitrogens with zero attached hydrogens (tertiary/aromatic N) is 6. The number of aromatic nitrogens is 3. The van der Waals surface area contributed by atoms with Crippen LogP contribution in [-0.2, 0) is 0 Å². The first kappa shape index (κ1) is 30.2. The molecule has 0 amide bonds. The molecule has 10 heteroatoms. The van der Waals surface area contributed by atoms with Gasteiger partial charge >= 0.3 is 0 Å². The molecule has 41 heavy (non-hydrogen) atoms. The zero-order valence-electron chi connectivity index (χ0n) is 25.0. The molecule has 3 aromatic rings. The number of piperidine rings is 1. The Hall–Kier alpha value is -3.79. The van der Waals surface area contributed by atoms with E-state index in [4.69, 9.17) is 10.7 Å². The summed E-state index contributed by atoms with van der Waals surface area (Å²) in [5.74, 6) is -0.0178. The summed E-state index contributed by atoms with van der Waals surface area (Å²) in [4.78, 5) is 18.3. The van der Waals surface area contributed by atoms with E-state index in [0.29, 0.717) is 23.2 Å². The third-order valence-corrected chi connectivity index (χ3v) is 7.80. The summed E-state index contributed by atoms with van der Waals surface area (Å²) >= 11 is 0. The molecule has 1 saturated heterocycles. The molecule has 4 rings (SSSR count). The number of anilines is 2. The molecule has 0 radical (unpaired) electrons. The molecule has 3 N–H and O–H groups in total. The van der Waals surface area contributed by atoms with Gasteiger partial charge in [0, 0.05) is 36.9 Å². The highest BCUT2D eigenvalue weighted by Crippen LogP contribution is 2.28. The quantitative estimate of drug-likeness (QED) is 0.284. The van der Waals surface area contributed by atoms with Crippen LogP contribution in [0, 0.1) is 19.7 Å². The maximum Gasteiger partial charge on any atom is 0.164 e. The van der Waals surface area contributed by atoms with Crippen LogP contribution in [0.15, 0.2) is 53.7 Å². The second-order valence-electron chi connectivity index (χ2n) is 10.7. The van der Waals surface area contributed by atoms with Crippen molar-refractivity contribution in [3.05, 3.63) is 71.6 Å². The lowest BCUT2D eigenvalue weighted by molar-refractivity contribution is 0.186. The van der Waals surface area contributed by atoms with Crippen molar-refractivity contribution in [1.29, 1.82) is 0 Å². The van der Waals surface area contributed by atoms with Crippen molar-refractivity contribution in [2.24, 2.45) is 10.7 Å². The zero-order valence-corrected chi connectivity index (χ0v) is 25.0. The number of rotatable bonds is 10. The second-order valence-corrected chi connectivity index (χ2v) is 10.7. The largest absolute Gasteiger partial charge is 0.402 e. The van der Waals surface area contributed by atoms with Crippen molar-refractivity contribution in [2.75, 3.05) is 36.4 Å². The predicted octanol–water partition coefficient (Wildman–Crippen LogP) is 6.22. The van der Waals surface area contributed by atoms with Crippen LogP contribution in [0.2, 0.25) is 0 Å². The fourth-order valence-electron chi connectivity index (χ4n) is 5.87. The number of aliphatic imine (C=N–C) groups is 1. The van der Waals surface area contributed by atoms with Crippen LogP contribution in [0.4, 0.5) is 20.3 Å². The Morgan fingerprint density at radius 3 is 2.46 bits per heavy atom. The molecule has 0 saturated carbocycles. The van der Waals surface area contributed by atoms with Crippen molar-refractivity contribution < 1.29 is 8.78 Å². The lowest BCUT2D eigenvalue weighted by Gasteiger charge is -2.39. The molecule has 1 aliphatic heterocycles. The van der Waals surface area contributed by atoms with E-state index in [1.54, 1.807) is 6.07 Å². The smallest absolute Gasteiger partial charge is 0.164 e. The summed E-state index contributed by atoms with van der Waals surface area (Å²) in [5.41, 5.74) is 8.37. The Morgan fingerprint density at radius 2 is 1.88 bits per heavy atom. The molecule has 0 unspecified atom stereocenters. The summed E-state index contributed by atoms with van der Waals surface area (Å²) in [5, 5.41) is 3.05. The van der Waals surface area contributed by atoms with Gasteiger partial charge in [0.25, 0.3) is 0 Å². The SMILES string of the molecule is C=C(N=C(/C(F)=C\N)c1cc(F)c2nc(C)n(C(C)C)c2c1)Nc1ccc(N2CCC(N(CC)CC)CC2)c(C)n1. The van der Waals surface area contributed by atoms with Crippen molar-refractivity contribution in [3.8, 4) is 0 Å². The Labute approximate surface area is 241 Å². The minimum atomic E-state index is -0.799. The van der Waals surface area contributed by atoms with Crippen molar-refractivity contribution in [3.63, 3.8) is 0 Å². The number of nitrogens with one attached hydrogen (secondary N) is 1. The minimum Gasteiger partial charge on any atom is -0.402 e. The summed E-state index contributed by atoms with van der Waals surface area (Å²) in [6, 6.07) is 7.46.